The number of ether oxygens (including phenoxy) is 1. The van der Waals surface area contributed by atoms with Crippen molar-refractivity contribution in [1.29, 1.82) is 0 Å². The fourth-order valence-electron chi connectivity index (χ4n) is 2.80. The first-order chi connectivity index (χ1) is 14.6. The molecule has 2 amide bonds. The summed E-state index contributed by atoms with van der Waals surface area (Å²) in [6.07, 6.45) is 1.45. The molecular formula is C18H20N4O7S2. The van der Waals surface area contributed by atoms with Crippen LogP contribution < -0.4 is 5.32 Å². The number of oxime groups is 1. The molecule has 1 fully saturated rings. The number of esters is 1. The Balaban J connectivity index is 1.68. The lowest BCUT2D eigenvalue weighted by Crippen LogP contribution is -2.70. The Labute approximate surface area is 185 Å². The molecule has 0 aromatic carbocycles. The zero-order chi connectivity index (χ0) is 22.8. The number of fused-ring (bicyclic) bond motifs is 1. The number of carbonyl (C=O) groups is 4. The second kappa shape index (κ2) is 9.06. The molecule has 0 bridgehead atoms. The summed E-state index contributed by atoms with van der Waals surface area (Å²) < 4.78 is 5.11. The van der Waals surface area contributed by atoms with Gasteiger partial charge in [-0.1, -0.05) is 5.16 Å². The molecule has 2 aliphatic heterocycles. The van der Waals surface area contributed by atoms with Crippen LogP contribution in [0.2, 0.25) is 0 Å². The molecule has 13 heteroatoms. The molecule has 0 radical (unpaired) electrons. The van der Waals surface area contributed by atoms with Crippen molar-refractivity contribution in [2.75, 3.05) is 12.4 Å². The Morgan fingerprint density at radius 1 is 1.39 bits per heavy atom. The van der Waals surface area contributed by atoms with E-state index in [1.54, 1.807) is 26.2 Å². The zero-order valence-corrected chi connectivity index (χ0v) is 18.5. The average molecular weight is 469 g/mol. The fraction of sp³-hybridized carbons (Fsp3) is 0.444. The van der Waals surface area contributed by atoms with Crippen molar-refractivity contribution in [2.24, 2.45) is 5.16 Å². The van der Waals surface area contributed by atoms with Gasteiger partial charge in [-0.2, -0.15) is 0 Å². The zero-order valence-electron chi connectivity index (χ0n) is 16.9. The largest absolute Gasteiger partial charge is 0.477 e. The molecular weight excluding hydrogens is 448 g/mol. The number of nitrogens with one attached hydrogen (secondary N) is 1. The van der Waals surface area contributed by atoms with E-state index in [0.29, 0.717) is 5.75 Å². The summed E-state index contributed by atoms with van der Waals surface area (Å²) in [7, 11) is 0. The third-order valence-electron chi connectivity index (χ3n) is 4.00. The maximum Gasteiger partial charge on any atom is 0.352 e. The molecule has 3 heterocycles. The van der Waals surface area contributed by atoms with Crippen LogP contribution in [-0.2, 0) is 28.8 Å². The van der Waals surface area contributed by atoms with Crippen LogP contribution >= 0.6 is 23.1 Å². The molecule has 0 spiro atoms. The first kappa shape index (κ1) is 22.7. The molecule has 31 heavy (non-hydrogen) atoms. The van der Waals surface area contributed by atoms with Crippen LogP contribution in [0.4, 0.5) is 0 Å². The van der Waals surface area contributed by atoms with E-state index in [4.69, 9.17) is 9.57 Å². The number of amides is 2. The minimum Gasteiger partial charge on any atom is -0.477 e. The minimum atomic E-state index is -1.20. The number of hydrogen-bond donors (Lipinski definition) is 2. The van der Waals surface area contributed by atoms with Crippen LogP contribution in [0.25, 0.3) is 0 Å². The van der Waals surface area contributed by atoms with Gasteiger partial charge in [-0.15, -0.1) is 23.1 Å². The van der Waals surface area contributed by atoms with E-state index in [9.17, 15) is 24.3 Å². The van der Waals surface area contributed by atoms with Crippen molar-refractivity contribution in [3.05, 3.63) is 28.4 Å². The van der Waals surface area contributed by atoms with Crippen LogP contribution in [-0.4, -0.2) is 73.8 Å². The summed E-state index contributed by atoms with van der Waals surface area (Å²) in [6.45, 7) is 4.60. The number of hydrogen-bond acceptors (Lipinski definition) is 10. The Morgan fingerprint density at radius 3 is 2.74 bits per heavy atom. The van der Waals surface area contributed by atoms with Crippen LogP contribution in [0.3, 0.4) is 0 Å². The monoisotopic (exact) mass is 468 g/mol. The number of β-lactam (4-membered cyclic amide) rings is 1. The first-order valence-corrected chi connectivity index (χ1v) is 11.1. The maximum atomic E-state index is 12.8. The Bertz CT molecular complexity index is 953. The highest BCUT2D eigenvalue weighted by Gasteiger charge is 2.53. The number of aromatic nitrogens is 1. The van der Waals surface area contributed by atoms with Crippen LogP contribution in [0.1, 0.15) is 26.5 Å². The van der Waals surface area contributed by atoms with Gasteiger partial charge in [-0.3, -0.25) is 14.5 Å². The van der Waals surface area contributed by atoms with Crippen LogP contribution in [0, 0.1) is 0 Å². The van der Waals surface area contributed by atoms with Crippen LogP contribution in [0.15, 0.2) is 27.8 Å². The van der Waals surface area contributed by atoms with E-state index >= 15 is 0 Å². The van der Waals surface area contributed by atoms with E-state index in [0.717, 1.165) is 4.90 Å². The summed E-state index contributed by atoms with van der Waals surface area (Å²) in [5.41, 5.74) is 0.678. The molecule has 3 rings (SSSR count). The lowest BCUT2D eigenvalue weighted by molar-refractivity contribution is -0.160. The first-order valence-electron chi connectivity index (χ1n) is 9.08. The quantitative estimate of drug-likeness (QED) is 0.254. The van der Waals surface area contributed by atoms with E-state index < -0.39 is 47.4 Å². The SMILES string of the molecule is CC(C)(C)OC(=O)CON=C(C(=O)NC1C(=O)N2C(C(=O)O)=CCS[C@@H]12)c1cscn1. The molecule has 1 unspecified atom stereocenters. The summed E-state index contributed by atoms with van der Waals surface area (Å²) in [4.78, 5) is 58.5. The number of nitrogens with zero attached hydrogens (tertiary/aromatic N) is 3. The highest BCUT2D eigenvalue weighted by molar-refractivity contribution is 8.00. The van der Waals surface area contributed by atoms with Gasteiger partial charge in [-0.05, 0) is 26.8 Å². The van der Waals surface area contributed by atoms with Crippen molar-refractivity contribution in [1.82, 2.24) is 15.2 Å². The Morgan fingerprint density at radius 2 is 2.13 bits per heavy atom. The lowest BCUT2D eigenvalue weighted by Gasteiger charge is -2.48. The molecule has 1 aromatic rings. The van der Waals surface area contributed by atoms with Gasteiger partial charge < -0.3 is 20.0 Å². The molecule has 2 aliphatic rings. The van der Waals surface area contributed by atoms with Gasteiger partial charge in [0.05, 0.1) is 5.51 Å². The van der Waals surface area contributed by atoms with Gasteiger partial charge in [0, 0.05) is 11.1 Å². The molecule has 2 atom stereocenters. The number of carboxylic acids is 1. The summed E-state index contributed by atoms with van der Waals surface area (Å²) in [6, 6.07) is -0.921. The topological polar surface area (TPSA) is 147 Å². The van der Waals surface area contributed by atoms with Crippen molar-refractivity contribution in [3.8, 4) is 0 Å². The van der Waals surface area contributed by atoms with E-state index in [-0.39, 0.29) is 17.1 Å². The van der Waals surface area contributed by atoms with Crippen molar-refractivity contribution >= 4 is 52.6 Å². The third-order valence-corrected chi connectivity index (χ3v) is 5.77. The Kier molecular flexibility index (Phi) is 6.65. The van der Waals surface area contributed by atoms with E-state index in [1.807, 2.05) is 0 Å². The highest BCUT2D eigenvalue weighted by Crippen LogP contribution is 2.37. The number of aliphatic carboxylic acids is 1. The van der Waals surface area contributed by atoms with Gasteiger partial charge in [-0.25, -0.2) is 14.6 Å². The number of carbonyl (C=O) groups excluding carboxylic acids is 3. The lowest BCUT2D eigenvalue weighted by atomic mass is 10.0. The number of thioether (sulfide) groups is 1. The van der Waals surface area contributed by atoms with Crippen molar-refractivity contribution in [2.45, 2.75) is 37.8 Å². The molecule has 166 valence electrons. The van der Waals surface area contributed by atoms with Gasteiger partial charge in [0.15, 0.2) is 5.71 Å². The summed E-state index contributed by atoms with van der Waals surface area (Å²) >= 11 is 2.55. The maximum absolute atomic E-state index is 12.8. The standard InChI is InChI=1S/C18H20N4O7S2/c1-18(2,3)29-11(23)6-28-21-12(9-7-30-8-19-9)14(24)20-13-15(25)22-10(17(26)27)4-5-31-16(13)22/h4,7-8,13,16H,5-6H2,1-3H3,(H,20,24)(H,26,27)/t13?,16-/m0/s1. The number of carboxylic acid groups (broad SMARTS) is 1. The second-order valence-electron chi connectivity index (χ2n) is 7.45. The van der Waals surface area contributed by atoms with E-state index in [2.05, 4.69) is 15.5 Å². The number of thiazole rings is 1. The predicted octanol–water partition coefficient (Wildman–Crippen LogP) is 0.574. The molecule has 0 saturated carbocycles. The smallest absolute Gasteiger partial charge is 0.352 e. The highest BCUT2D eigenvalue weighted by atomic mass is 32.2. The fourth-order valence-corrected chi connectivity index (χ4v) is 4.53. The molecule has 2 N–H and O–H groups in total. The minimum absolute atomic E-state index is 0.103. The van der Waals surface area contributed by atoms with Crippen LogP contribution in [0.5, 0.6) is 0 Å². The normalized spacial score (nSPS) is 20.9. The molecule has 11 nitrogen and oxygen atoms in total. The number of rotatable bonds is 7. The predicted molar refractivity (Wildman–Crippen MR) is 111 cm³/mol. The Hall–Kier alpha value is -2.93. The van der Waals surface area contributed by atoms with Gasteiger partial charge in [0.25, 0.3) is 11.8 Å². The van der Waals surface area contributed by atoms with Crippen molar-refractivity contribution in [3.63, 3.8) is 0 Å². The third kappa shape index (κ3) is 5.22. The van der Waals surface area contributed by atoms with Gasteiger partial charge in [0.1, 0.15) is 28.4 Å². The van der Waals surface area contributed by atoms with Gasteiger partial charge >= 0.3 is 11.9 Å². The summed E-state index contributed by atoms with van der Waals surface area (Å²) in [5.74, 6) is -2.74. The molecule has 1 aromatic heterocycles. The van der Waals surface area contributed by atoms with Crippen molar-refractivity contribution < 1.29 is 33.9 Å². The average Bonchev–Trinajstić information content (AvgIpc) is 3.21. The van der Waals surface area contributed by atoms with E-state index in [1.165, 1.54) is 34.7 Å². The van der Waals surface area contributed by atoms with Gasteiger partial charge in [0.2, 0.25) is 6.61 Å². The molecule has 1 saturated heterocycles. The second-order valence-corrected chi connectivity index (χ2v) is 9.32. The molecule has 0 aliphatic carbocycles. The summed E-state index contributed by atoms with van der Waals surface area (Å²) in [5, 5.41) is 16.5.